The second-order valence-electron chi connectivity index (χ2n) is 7.01. The van der Waals surface area contributed by atoms with Gasteiger partial charge in [-0.1, -0.05) is 0 Å². The number of pyridine rings is 1. The summed E-state index contributed by atoms with van der Waals surface area (Å²) in [5, 5.41) is 13.2. The van der Waals surface area contributed by atoms with E-state index in [1.807, 2.05) is 29.7 Å². The molecule has 0 saturated heterocycles. The molecule has 2 aromatic carbocycles. The van der Waals surface area contributed by atoms with E-state index in [1.165, 1.54) is 26.2 Å². The van der Waals surface area contributed by atoms with Crippen molar-refractivity contribution in [3.8, 4) is 22.8 Å². The predicted molar refractivity (Wildman–Crippen MR) is 113 cm³/mol. The van der Waals surface area contributed by atoms with Gasteiger partial charge < -0.3 is 15.2 Å². The quantitative estimate of drug-likeness (QED) is 0.451. The van der Waals surface area contributed by atoms with Gasteiger partial charge in [0.2, 0.25) is 0 Å². The number of nitrogens with one attached hydrogen (secondary N) is 1. The normalized spacial score (nSPS) is 10.9. The Morgan fingerprint density at radius 2 is 1.90 bits per heavy atom. The molecule has 0 radical (unpaired) electrons. The second-order valence-corrected chi connectivity index (χ2v) is 7.01. The van der Waals surface area contributed by atoms with Crippen molar-refractivity contribution in [2.24, 2.45) is 0 Å². The van der Waals surface area contributed by atoms with Crippen molar-refractivity contribution in [2.45, 2.75) is 13.8 Å². The minimum Gasteiger partial charge on any atom is -0.502 e. The molecule has 7 heteroatoms. The SMILES string of the molecule is COc1cc(-c2nc3cc(C)ccn3c2Nc2ccc(C(C)=O)cc2)cc(F)c1O. The molecule has 30 heavy (non-hydrogen) atoms. The fraction of sp³-hybridized carbons (Fsp3) is 0.130. The van der Waals surface area contributed by atoms with Crippen molar-refractivity contribution in [3.05, 3.63) is 71.7 Å². The van der Waals surface area contributed by atoms with E-state index in [0.29, 0.717) is 28.3 Å². The molecule has 0 aliphatic heterocycles. The number of phenolic OH excluding ortho intramolecular Hbond substituents is 1. The van der Waals surface area contributed by atoms with E-state index in [2.05, 4.69) is 10.3 Å². The van der Waals surface area contributed by atoms with E-state index in [1.54, 1.807) is 24.3 Å². The number of anilines is 2. The Balaban J connectivity index is 1.88. The smallest absolute Gasteiger partial charge is 0.194 e. The van der Waals surface area contributed by atoms with Crippen molar-refractivity contribution in [3.63, 3.8) is 0 Å². The Hall–Kier alpha value is -3.87. The van der Waals surface area contributed by atoms with E-state index in [4.69, 9.17) is 4.74 Å². The van der Waals surface area contributed by atoms with Crippen molar-refractivity contribution in [1.82, 2.24) is 9.38 Å². The summed E-state index contributed by atoms with van der Waals surface area (Å²) in [4.78, 5) is 16.2. The topological polar surface area (TPSA) is 75.9 Å². The highest BCUT2D eigenvalue weighted by Crippen LogP contribution is 2.38. The van der Waals surface area contributed by atoms with Crippen LogP contribution in [0.3, 0.4) is 0 Å². The lowest BCUT2D eigenvalue weighted by Gasteiger charge is -2.11. The van der Waals surface area contributed by atoms with Gasteiger partial charge >= 0.3 is 0 Å². The number of methoxy groups -OCH3 is 1. The molecule has 0 atom stereocenters. The van der Waals surface area contributed by atoms with Crippen LogP contribution >= 0.6 is 0 Å². The molecule has 2 aromatic heterocycles. The van der Waals surface area contributed by atoms with E-state index in [9.17, 15) is 14.3 Å². The Bertz CT molecular complexity index is 1260. The molecule has 0 unspecified atom stereocenters. The molecule has 0 aliphatic carbocycles. The number of hydrogen-bond acceptors (Lipinski definition) is 5. The maximum atomic E-state index is 14.3. The van der Waals surface area contributed by atoms with Gasteiger partial charge in [0.15, 0.2) is 23.1 Å². The number of carbonyl (C=O) groups is 1. The third-order valence-electron chi connectivity index (χ3n) is 4.86. The molecule has 0 spiro atoms. The molecule has 4 aromatic rings. The summed E-state index contributed by atoms with van der Waals surface area (Å²) < 4.78 is 21.3. The molecule has 6 nitrogen and oxygen atoms in total. The highest BCUT2D eigenvalue weighted by atomic mass is 19.1. The van der Waals surface area contributed by atoms with E-state index < -0.39 is 11.6 Å². The van der Waals surface area contributed by atoms with Crippen molar-refractivity contribution in [2.75, 3.05) is 12.4 Å². The highest BCUT2D eigenvalue weighted by molar-refractivity contribution is 5.94. The number of ether oxygens (including phenoxy) is 1. The Morgan fingerprint density at radius 1 is 1.17 bits per heavy atom. The van der Waals surface area contributed by atoms with Crippen LogP contribution < -0.4 is 10.1 Å². The standard InChI is InChI=1S/C23H20FN3O3/c1-13-8-9-27-20(10-13)26-21(16-11-18(24)22(29)19(12-16)30-3)23(27)25-17-6-4-15(5-7-17)14(2)28/h4-12,25,29H,1-3H3. The largest absolute Gasteiger partial charge is 0.502 e. The average Bonchev–Trinajstić information content (AvgIpc) is 3.07. The number of halogens is 1. The maximum absolute atomic E-state index is 14.3. The van der Waals surface area contributed by atoms with Crippen LogP contribution in [-0.2, 0) is 0 Å². The zero-order valence-electron chi connectivity index (χ0n) is 16.7. The molecule has 152 valence electrons. The van der Waals surface area contributed by atoms with Crippen LogP contribution in [0.4, 0.5) is 15.9 Å². The second kappa shape index (κ2) is 7.51. The van der Waals surface area contributed by atoms with Crippen LogP contribution in [0.2, 0.25) is 0 Å². The summed E-state index contributed by atoms with van der Waals surface area (Å²) in [6.07, 6.45) is 1.88. The molecule has 2 heterocycles. The van der Waals surface area contributed by atoms with Crippen LogP contribution in [0.15, 0.2) is 54.7 Å². The molecule has 2 N–H and O–H groups in total. The Labute approximate surface area is 172 Å². The molecule has 0 bridgehead atoms. The number of imidazole rings is 1. The lowest BCUT2D eigenvalue weighted by Crippen LogP contribution is -1.99. The summed E-state index contributed by atoms with van der Waals surface area (Å²) >= 11 is 0. The third-order valence-corrected chi connectivity index (χ3v) is 4.86. The van der Waals surface area contributed by atoms with Gasteiger partial charge in [0.1, 0.15) is 17.2 Å². The van der Waals surface area contributed by atoms with Crippen LogP contribution in [0.5, 0.6) is 11.5 Å². The first-order chi connectivity index (χ1) is 14.4. The Morgan fingerprint density at radius 3 is 2.57 bits per heavy atom. The molecular weight excluding hydrogens is 385 g/mol. The number of aromatic hydroxyl groups is 1. The monoisotopic (exact) mass is 405 g/mol. The zero-order valence-corrected chi connectivity index (χ0v) is 16.7. The number of phenols is 1. The summed E-state index contributed by atoms with van der Waals surface area (Å²) in [7, 11) is 1.36. The summed E-state index contributed by atoms with van der Waals surface area (Å²) in [6, 6.07) is 13.7. The van der Waals surface area contributed by atoms with Crippen LogP contribution in [0.25, 0.3) is 16.9 Å². The van der Waals surface area contributed by atoms with Gasteiger partial charge in [-0.3, -0.25) is 9.20 Å². The number of nitrogens with zero attached hydrogens (tertiary/aromatic N) is 2. The van der Waals surface area contributed by atoms with Gasteiger partial charge in [0.25, 0.3) is 0 Å². The third kappa shape index (κ3) is 3.45. The molecule has 0 aliphatic rings. The van der Waals surface area contributed by atoms with Gasteiger partial charge in [-0.2, -0.15) is 0 Å². The first kappa shape index (κ1) is 19.4. The van der Waals surface area contributed by atoms with Crippen molar-refractivity contribution >= 4 is 22.9 Å². The lowest BCUT2D eigenvalue weighted by atomic mass is 10.1. The van der Waals surface area contributed by atoms with Gasteiger partial charge in [-0.05, 0) is 67.9 Å². The average molecular weight is 405 g/mol. The number of aryl methyl sites for hydroxylation is 1. The fourth-order valence-corrected chi connectivity index (χ4v) is 3.26. The van der Waals surface area contributed by atoms with Crippen molar-refractivity contribution < 1.29 is 19.0 Å². The number of aromatic nitrogens is 2. The maximum Gasteiger partial charge on any atom is 0.194 e. The first-order valence-corrected chi connectivity index (χ1v) is 9.31. The van der Waals surface area contributed by atoms with Gasteiger partial charge in [0.05, 0.1) is 7.11 Å². The van der Waals surface area contributed by atoms with Crippen LogP contribution in [0, 0.1) is 12.7 Å². The number of hydrogen-bond donors (Lipinski definition) is 2. The summed E-state index contributed by atoms with van der Waals surface area (Å²) in [5.41, 5.74) is 4.01. The number of benzene rings is 2. The predicted octanol–water partition coefficient (Wildman–Crippen LogP) is 5.11. The minimum atomic E-state index is -0.797. The molecule has 0 fully saturated rings. The molecular formula is C23H20FN3O3. The molecule has 0 amide bonds. The fourth-order valence-electron chi connectivity index (χ4n) is 3.26. The number of Topliss-reactive ketones (excluding diaryl/α,β-unsaturated/α-hetero) is 1. The van der Waals surface area contributed by atoms with E-state index in [-0.39, 0.29) is 11.5 Å². The van der Waals surface area contributed by atoms with Gasteiger partial charge in [0, 0.05) is 23.0 Å². The highest BCUT2D eigenvalue weighted by Gasteiger charge is 2.19. The molecule has 0 saturated carbocycles. The van der Waals surface area contributed by atoms with E-state index in [0.717, 1.165) is 11.3 Å². The first-order valence-electron chi connectivity index (χ1n) is 9.31. The summed E-state index contributed by atoms with van der Waals surface area (Å²) in [6.45, 7) is 3.48. The number of ketones is 1. The van der Waals surface area contributed by atoms with Gasteiger partial charge in [-0.25, -0.2) is 9.37 Å². The number of carbonyl (C=O) groups excluding carboxylic acids is 1. The van der Waals surface area contributed by atoms with Crippen LogP contribution in [-0.4, -0.2) is 27.4 Å². The minimum absolute atomic E-state index is 0.0146. The van der Waals surface area contributed by atoms with Gasteiger partial charge in [-0.15, -0.1) is 0 Å². The van der Waals surface area contributed by atoms with E-state index >= 15 is 0 Å². The molecule has 4 rings (SSSR count). The van der Waals surface area contributed by atoms with Crippen LogP contribution in [0.1, 0.15) is 22.8 Å². The lowest BCUT2D eigenvalue weighted by molar-refractivity contribution is 0.101. The Kier molecular flexibility index (Phi) is 4.87. The zero-order chi connectivity index (χ0) is 21.4. The number of fused-ring (bicyclic) bond motifs is 1. The summed E-state index contributed by atoms with van der Waals surface area (Å²) in [5.74, 6) is -0.716. The van der Waals surface area contributed by atoms with Crippen molar-refractivity contribution in [1.29, 1.82) is 0 Å². The number of rotatable bonds is 5.